The summed E-state index contributed by atoms with van der Waals surface area (Å²) in [6, 6.07) is -0.662. The Hall–Kier alpha value is -1.18. The minimum atomic E-state index is -0.989. The Bertz CT molecular complexity index is 439. The van der Waals surface area contributed by atoms with E-state index in [1.807, 2.05) is 13.8 Å². The largest absolute Gasteiger partial charge is 0.377 e. The normalized spacial score (nSPS) is 43.3. The van der Waals surface area contributed by atoms with Gasteiger partial charge >= 0.3 is 0 Å². The summed E-state index contributed by atoms with van der Waals surface area (Å²) in [5.41, 5.74) is 7.15. The topological polar surface area (TPSA) is 103 Å². The SMILES string of the molecule is CC1(C)C2OCCC2C1(N)C(=O)N[C@@H]1CONC1=O. The average Bonchev–Trinajstić information content (AvgIpc) is 2.97. The molecule has 0 radical (unpaired) electrons. The van der Waals surface area contributed by atoms with Crippen LogP contribution in [0, 0.1) is 11.3 Å². The molecule has 3 unspecified atom stereocenters. The van der Waals surface area contributed by atoms with Gasteiger partial charge in [-0.15, -0.1) is 0 Å². The van der Waals surface area contributed by atoms with E-state index in [-0.39, 0.29) is 30.4 Å². The zero-order chi connectivity index (χ0) is 13.8. The molecule has 2 amide bonds. The average molecular weight is 269 g/mol. The molecule has 7 heteroatoms. The van der Waals surface area contributed by atoms with Crippen LogP contribution in [0.1, 0.15) is 20.3 Å². The molecule has 0 aromatic carbocycles. The molecule has 3 rings (SSSR count). The Labute approximate surface area is 111 Å². The lowest BCUT2D eigenvalue weighted by molar-refractivity contribution is -0.176. The Kier molecular flexibility index (Phi) is 2.64. The van der Waals surface area contributed by atoms with Crippen LogP contribution in [-0.2, 0) is 19.2 Å². The monoisotopic (exact) mass is 269 g/mol. The van der Waals surface area contributed by atoms with E-state index in [0.717, 1.165) is 6.42 Å². The van der Waals surface area contributed by atoms with Gasteiger partial charge in [0.1, 0.15) is 18.2 Å². The van der Waals surface area contributed by atoms with Gasteiger partial charge in [0.2, 0.25) is 5.91 Å². The molecule has 2 aliphatic heterocycles. The summed E-state index contributed by atoms with van der Waals surface area (Å²) in [6.45, 7) is 4.64. The van der Waals surface area contributed by atoms with Crippen LogP contribution < -0.4 is 16.5 Å². The molecule has 0 aromatic heterocycles. The molecule has 4 N–H and O–H groups in total. The Morgan fingerprint density at radius 1 is 1.53 bits per heavy atom. The van der Waals surface area contributed by atoms with Crippen molar-refractivity contribution < 1.29 is 19.2 Å². The lowest BCUT2D eigenvalue weighted by atomic mass is 9.48. The van der Waals surface area contributed by atoms with Crippen LogP contribution in [-0.4, -0.2) is 42.7 Å². The second-order valence-corrected chi connectivity index (χ2v) is 6.08. The van der Waals surface area contributed by atoms with Crippen LogP contribution in [0.3, 0.4) is 0 Å². The van der Waals surface area contributed by atoms with Crippen molar-refractivity contribution in [2.45, 2.75) is 38.0 Å². The fourth-order valence-corrected chi connectivity index (χ4v) is 3.57. The van der Waals surface area contributed by atoms with Crippen molar-refractivity contribution in [3.05, 3.63) is 0 Å². The highest BCUT2D eigenvalue weighted by molar-refractivity contribution is 5.94. The molecule has 4 atom stereocenters. The van der Waals surface area contributed by atoms with Crippen molar-refractivity contribution in [1.82, 2.24) is 10.8 Å². The molecule has 3 fully saturated rings. The summed E-state index contributed by atoms with van der Waals surface area (Å²) in [5.74, 6) is -0.615. The highest BCUT2D eigenvalue weighted by Gasteiger charge is 2.71. The summed E-state index contributed by atoms with van der Waals surface area (Å²) in [4.78, 5) is 28.7. The Morgan fingerprint density at radius 3 is 2.89 bits per heavy atom. The van der Waals surface area contributed by atoms with Crippen LogP contribution in [0.15, 0.2) is 0 Å². The number of ether oxygens (including phenoxy) is 1. The number of amides is 2. The number of carbonyl (C=O) groups excluding carboxylic acids is 2. The first-order chi connectivity index (χ1) is 8.89. The van der Waals surface area contributed by atoms with Crippen LogP contribution >= 0.6 is 0 Å². The number of hydroxylamine groups is 1. The third-order valence-corrected chi connectivity index (χ3v) is 4.87. The molecular weight excluding hydrogens is 250 g/mol. The van der Waals surface area contributed by atoms with Gasteiger partial charge in [-0.1, -0.05) is 13.8 Å². The van der Waals surface area contributed by atoms with Gasteiger partial charge in [-0.05, 0) is 6.42 Å². The molecule has 0 aromatic rings. The highest BCUT2D eigenvalue weighted by atomic mass is 16.7. The Balaban J connectivity index is 1.77. The highest BCUT2D eigenvalue weighted by Crippen LogP contribution is 2.58. The van der Waals surface area contributed by atoms with E-state index < -0.39 is 17.0 Å². The van der Waals surface area contributed by atoms with E-state index in [2.05, 4.69) is 10.8 Å². The first-order valence-electron chi connectivity index (χ1n) is 6.52. The lowest BCUT2D eigenvalue weighted by Gasteiger charge is -2.60. The van der Waals surface area contributed by atoms with Crippen LogP contribution in [0.25, 0.3) is 0 Å². The molecule has 19 heavy (non-hydrogen) atoms. The van der Waals surface area contributed by atoms with E-state index in [0.29, 0.717) is 6.61 Å². The predicted octanol–water partition coefficient (Wildman–Crippen LogP) is -1.32. The maximum absolute atomic E-state index is 12.5. The smallest absolute Gasteiger partial charge is 0.268 e. The predicted molar refractivity (Wildman–Crippen MR) is 64.6 cm³/mol. The van der Waals surface area contributed by atoms with Gasteiger partial charge < -0.3 is 15.8 Å². The number of nitrogens with one attached hydrogen (secondary N) is 2. The van der Waals surface area contributed by atoms with Crippen molar-refractivity contribution in [2.75, 3.05) is 13.2 Å². The van der Waals surface area contributed by atoms with Gasteiger partial charge in [0.05, 0.1) is 6.10 Å². The molecule has 0 bridgehead atoms. The minimum Gasteiger partial charge on any atom is -0.377 e. The number of carbonyl (C=O) groups is 2. The van der Waals surface area contributed by atoms with Gasteiger partial charge in [-0.2, -0.15) is 0 Å². The maximum atomic E-state index is 12.5. The van der Waals surface area contributed by atoms with Gasteiger partial charge in [-0.25, -0.2) is 5.48 Å². The Morgan fingerprint density at radius 2 is 2.26 bits per heavy atom. The van der Waals surface area contributed by atoms with Crippen LogP contribution in [0.2, 0.25) is 0 Å². The third kappa shape index (κ3) is 1.49. The number of hydrogen-bond acceptors (Lipinski definition) is 5. The van der Waals surface area contributed by atoms with E-state index in [1.165, 1.54) is 0 Å². The maximum Gasteiger partial charge on any atom is 0.268 e. The van der Waals surface area contributed by atoms with Gasteiger partial charge in [0, 0.05) is 17.9 Å². The van der Waals surface area contributed by atoms with E-state index in [9.17, 15) is 9.59 Å². The fraction of sp³-hybridized carbons (Fsp3) is 0.833. The molecule has 0 spiro atoms. The van der Waals surface area contributed by atoms with Gasteiger partial charge in [-0.3, -0.25) is 14.4 Å². The van der Waals surface area contributed by atoms with E-state index >= 15 is 0 Å². The number of hydrogen-bond donors (Lipinski definition) is 3. The molecule has 7 nitrogen and oxygen atoms in total. The van der Waals surface area contributed by atoms with Crippen molar-refractivity contribution in [2.24, 2.45) is 17.1 Å². The summed E-state index contributed by atoms with van der Waals surface area (Å²) in [6.07, 6.45) is 0.808. The van der Waals surface area contributed by atoms with Crippen molar-refractivity contribution in [3.63, 3.8) is 0 Å². The quantitative estimate of drug-likeness (QED) is 0.576. The minimum absolute atomic E-state index is 0.0212. The number of fused-ring (bicyclic) bond motifs is 1. The zero-order valence-electron chi connectivity index (χ0n) is 11.1. The first-order valence-corrected chi connectivity index (χ1v) is 6.52. The molecule has 106 valence electrons. The molecule has 1 aliphatic carbocycles. The second-order valence-electron chi connectivity index (χ2n) is 6.08. The van der Waals surface area contributed by atoms with Crippen molar-refractivity contribution >= 4 is 11.8 Å². The van der Waals surface area contributed by atoms with Crippen molar-refractivity contribution in [1.29, 1.82) is 0 Å². The van der Waals surface area contributed by atoms with Crippen LogP contribution in [0.4, 0.5) is 0 Å². The molecule has 1 saturated carbocycles. The second kappa shape index (κ2) is 3.91. The van der Waals surface area contributed by atoms with E-state index in [4.69, 9.17) is 15.3 Å². The van der Waals surface area contributed by atoms with Crippen LogP contribution in [0.5, 0.6) is 0 Å². The first kappa shape index (κ1) is 12.8. The molecular formula is C12H19N3O4. The number of rotatable bonds is 2. The summed E-state index contributed by atoms with van der Waals surface area (Å²) >= 11 is 0. The summed E-state index contributed by atoms with van der Waals surface area (Å²) < 4.78 is 5.64. The molecule has 2 heterocycles. The third-order valence-electron chi connectivity index (χ3n) is 4.87. The molecule has 2 saturated heterocycles. The summed E-state index contributed by atoms with van der Waals surface area (Å²) in [7, 11) is 0. The zero-order valence-corrected chi connectivity index (χ0v) is 11.1. The van der Waals surface area contributed by atoms with Crippen molar-refractivity contribution in [3.8, 4) is 0 Å². The molecule has 3 aliphatic rings. The number of nitrogens with two attached hydrogens (primary N) is 1. The van der Waals surface area contributed by atoms with Gasteiger partial charge in [0.15, 0.2) is 0 Å². The fourth-order valence-electron chi connectivity index (χ4n) is 3.57. The van der Waals surface area contributed by atoms with E-state index in [1.54, 1.807) is 0 Å². The summed E-state index contributed by atoms with van der Waals surface area (Å²) in [5, 5.41) is 2.68. The van der Waals surface area contributed by atoms with Gasteiger partial charge in [0.25, 0.3) is 5.91 Å². The standard InChI is InChI=1S/C12H19N3O4/c1-11(2)8-6(3-4-18-8)12(11,13)10(17)14-7-5-19-15-9(7)16/h6-8H,3-5,13H2,1-2H3,(H,14,17)(H,15,16)/t6?,7-,8?,12?/m1/s1. The lowest BCUT2D eigenvalue weighted by Crippen LogP contribution is -2.80.